The Hall–Kier alpha value is -1.13. The zero-order valence-corrected chi connectivity index (χ0v) is 7.15. The summed E-state index contributed by atoms with van der Waals surface area (Å²) in [6, 6.07) is 6.07. The smallest absolute Gasteiger partial charge is 0.287 e. The number of aliphatic hydroxyl groups excluding tert-OH is 1. The monoisotopic (exact) mass is 189 g/mol. The van der Waals surface area contributed by atoms with E-state index < -0.39 is 4.92 Å². The molecule has 0 bridgehead atoms. The lowest BCUT2D eigenvalue weighted by molar-refractivity contribution is -0.384. The minimum Gasteiger partial charge on any atom is -0.400 e. The first-order valence-electron chi connectivity index (χ1n) is 3.05. The first kappa shape index (κ1) is 10.9. The molecule has 1 N–H and O–H groups in total. The fourth-order valence-electron chi connectivity index (χ4n) is 0.600. The molecule has 0 fully saturated rings. The predicted octanol–water partition coefficient (Wildman–Crippen LogP) is 1.86. The molecule has 0 amide bonds. The molecule has 0 spiro atoms. The first-order valence-corrected chi connectivity index (χ1v) is 3.43. The minimum atomic E-state index is -0.512. The summed E-state index contributed by atoms with van der Waals surface area (Å²) in [6.45, 7) is 0. The van der Waals surface area contributed by atoms with Crippen molar-refractivity contribution in [2.24, 2.45) is 0 Å². The van der Waals surface area contributed by atoms with E-state index in [2.05, 4.69) is 0 Å². The maximum absolute atomic E-state index is 10.1. The largest absolute Gasteiger partial charge is 0.400 e. The second-order valence-corrected chi connectivity index (χ2v) is 2.12. The van der Waals surface area contributed by atoms with Gasteiger partial charge in [-0.05, 0) is 6.07 Å². The van der Waals surface area contributed by atoms with Crippen LogP contribution in [0.3, 0.4) is 0 Å². The van der Waals surface area contributed by atoms with E-state index in [0.717, 1.165) is 7.11 Å². The number of nitro benzene ring substituents is 1. The molecule has 0 aliphatic rings. The number of para-hydroxylation sites is 1. The summed E-state index contributed by atoms with van der Waals surface area (Å²) >= 11 is 5.48. The van der Waals surface area contributed by atoms with Crippen LogP contribution >= 0.6 is 11.6 Å². The van der Waals surface area contributed by atoms with E-state index in [1.54, 1.807) is 12.1 Å². The quantitative estimate of drug-likeness (QED) is 0.542. The highest BCUT2D eigenvalue weighted by molar-refractivity contribution is 6.32. The summed E-state index contributed by atoms with van der Waals surface area (Å²) in [5.41, 5.74) is -0.0517. The number of benzene rings is 1. The minimum absolute atomic E-state index is 0.0517. The molecule has 1 aromatic carbocycles. The number of nitro groups is 1. The third-order valence-electron chi connectivity index (χ3n) is 1.05. The van der Waals surface area contributed by atoms with E-state index >= 15 is 0 Å². The Balaban J connectivity index is 0.000000561. The van der Waals surface area contributed by atoms with Gasteiger partial charge in [0.05, 0.1) is 4.92 Å². The number of halogens is 1. The van der Waals surface area contributed by atoms with Crippen molar-refractivity contribution >= 4 is 17.3 Å². The highest BCUT2D eigenvalue weighted by Gasteiger charge is 2.08. The molecule has 4 nitrogen and oxygen atoms in total. The Labute approximate surface area is 74.6 Å². The Morgan fingerprint density at radius 3 is 2.25 bits per heavy atom. The summed E-state index contributed by atoms with van der Waals surface area (Å²) in [7, 11) is 1.00. The second-order valence-electron chi connectivity index (χ2n) is 1.71. The molecule has 0 aliphatic heterocycles. The predicted molar refractivity (Wildman–Crippen MR) is 46.2 cm³/mol. The van der Waals surface area contributed by atoms with Crippen molar-refractivity contribution in [3.63, 3.8) is 0 Å². The third kappa shape index (κ3) is 2.86. The summed E-state index contributed by atoms with van der Waals surface area (Å²) in [6.07, 6.45) is 0. The van der Waals surface area contributed by atoms with E-state index in [0.29, 0.717) is 0 Å². The zero-order chi connectivity index (χ0) is 9.56. The van der Waals surface area contributed by atoms with E-state index in [1.165, 1.54) is 12.1 Å². The Kier molecular flexibility index (Phi) is 4.99. The second kappa shape index (κ2) is 5.51. The molecular formula is C7H8ClNO3. The Bertz CT molecular complexity index is 265. The number of hydrogen-bond acceptors (Lipinski definition) is 3. The maximum atomic E-state index is 10.1. The summed E-state index contributed by atoms with van der Waals surface area (Å²) in [5, 5.41) is 17.3. The maximum Gasteiger partial charge on any atom is 0.287 e. The number of rotatable bonds is 1. The van der Waals surface area contributed by atoms with E-state index in [-0.39, 0.29) is 10.7 Å². The van der Waals surface area contributed by atoms with Crippen molar-refractivity contribution in [3.05, 3.63) is 39.4 Å². The Morgan fingerprint density at radius 2 is 1.92 bits per heavy atom. The van der Waals surface area contributed by atoms with Crippen LogP contribution in [0.5, 0.6) is 0 Å². The van der Waals surface area contributed by atoms with Crippen molar-refractivity contribution in [1.82, 2.24) is 0 Å². The molecule has 0 unspecified atom stereocenters. The van der Waals surface area contributed by atoms with Crippen molar-refractivity contribution in [3.8, 4) is 0 Å². The first-order chi connectivity index (χ1) is 5.72. The van der Waals surface area contributed by atoms with Gasteiger partial charge < -0.3 is 5.11 Å². The van der Waals surface area contributed by atoms with Crippen LogP contribution in [0.4, 0.5) is 5.69 Å². The number of nitrogens with zero attached hydrogens (tertiary/aromatic N) is 1. The van der Waals surface area contributed by atoms with Gasteiger partial charge in [0.15, 0.2) is 0 Å². The molecule has 0 atom stereocenters. The van der Waals surface area contributed by atoms with Crippen molar-refractivity contribution in [2.45, 2.75) is 0 Å². The number of aliphatic hydroxyl groups is 1. The standard InChI is InChI=1S/C6H4ClNO2.CH4O/c7-5-3-1-2-4-6(5)8(9)10;1-2/h1-4H;2H,1H3. The van der Waals surface area contributed by atoms with E-state index in [4.69, 9.17) is 16.7 Å². The van der Waals surface area contributed by atoms with Crippen LogP contribution in [0.1, 0.15) is 0 Å². The van der Waals surface area contributed by atoms with Crippen molar-refractivity contribution in [2.75, 3.05) is 7.11 Å². The van der Waals surface area contributed by atoms with Crippen LogP contribution in [-0.2, 0) is 0 Å². The molecule has 5 heteroatoms. The molecular weight excluding hydrogens is 182 g/mol. The molecule has 1 aromatic rings. The van der Waals surface area contributed by atoms with Gasteiger partial charge in [0.25, 0.3) is 5.69 Å². The lowest BCUT2D eigenvalue weighted by Gasteiger charge is -1.90. The zero-order valence-electron chi connectivity index (χ0n) is 6.40. The third-order valence-corrected chi connectivity index (χ3v) is 1.37. The van der Waals surface area contributed by atoms with Crippen molar-refractivity contribution < 1.29 is 10.0 Å². The van der Waals surface area contributed by atoms with Crippen LogP contribution in [0, 0.1) is 10.1 Å². The molecule has 0 radical (unpaired) electrons. The van der Waals surface area contributed by atoms with Gasteiger partial charge in [-0.3, -0.25) is 10.1 Å². The normalized spacial score (nSPS) is 8.25. The molecule has 1 rings (SSSR count). The Morgan fingerprint density at radius 1 is 1.42 bits per heavy atom. The topological polar surface area (TPSA) is 63.4 Å². The molecule has 0 aliphatic carbocycles. The fourth-order valence-corrected chi connectivity index (χ4v) is 0.805. The van der Waals surface area contributed by atoms with Gasteiger partial charge in [0.2, 0.25) is 0 Å². The van der Waals surface area contributed by atoms with Crippen LogP contribution in [-0.4, -0.2) is 17.1 Å². The van der Waals surface area contributed by atoms with E-state index in [1.807, 2.05) is 0 Å². The van der Waals surface area contributed by atoms with Gasteiger partial charge in [-0.25, -0.2) is 0 Å². The highest BCUT2D eigenvalue weighted by atomic mass is 35.5. The average molecular weight is 190 g/mol. The molecule has 66 valence electrons. The van der Waals surface area contributed by atoms with Crippen LogP contribution in [0.15, 0.2) is 24.3 Å². The van der Waals surface area contributed by atoms with Crippen LogP contribution in [0.25, 0.3) is 0 Å². The molecule has 0 heterocycles. The van der Waals surface area contributed by atoms with Gasteiger partial charge in [-0.2, -0.15) is 0 Å². The van der Waals surface area contributed by atoms with Gasteiger partial charge in [0, 0.05) is 13.2 Å². The summed E-state index contributed by atoms with van der Waals surface area (Å²) < 4.78 is 0. The fraction of sp³-hybridized carbons (Fsp3) is 0.143. The molecule has 12 heavy (non-hydrogen) atoms. The van der Waals surface area contributed by atoms with Crippen molar-refractivity contribution in [1.29, 1.82) is 0 Å². The lowest BCUT2D eigenvalue weighted by atomic mass is 10.3. The van der Waals surface area contributed by atoms with Gasteiger partial charge in [-0.15, -0.1) is 0 Å². The van der Waals surface area contributed by atoms with E-state index in [9.17, 15) is 10.1 Å². The number of hydrogen-bond donors (Lipinski definition) is 1. The van der Waals surface area contributed by atoms with Crippen LogP contribution < -0.4 is 0 Å². The van der Waals surface area contributed by atoms with Gasteiger partial charge in [0.1, 0.15) is 5.02 Å². The highest BCUT2D eigenvalue weighted by Crippen LogP contribution is 2.21. The lowest BCUT2D eigenvalue weighted by Crippen LogP contribution is -1.87. The SMILES string of the molecule is CO.O=[N+]([O-])c1ccccc1Cl. The average Bonchev–Trinajstić information content (AvgIpc) is 2.08. The molecule has 0 saturated carbocycles. The molecule has 0 saturated heterocycles. The summed E-state index contributed by atoms with van der Waals surface area (Å²) in [4.78, 5) is 9.63. The van der Waals surface area contributed by atoms with Gasteiger partial charge in [-0.1, -0.05) is 23.7 Å². The molecule has 0 aromatic heterocycles. The summed E-state index contributed by atoms with van der Waals surface area (Å²) in [5.74, 6) is 0. The van der Waals surface area contributed by atoms with Crippen LogP contribution in [0.2, 0.25) is 5.02 Å². The van der Waals surface area contributed by atoms with Gasteiger partial charge >= 0.3 is 0 Å².